The first-order chi connectivity index (χ1) is 9.72. The van der Waals surface area contributed by atoms with Crippen molar-refractivity contribution in [2.24, 2.45) is 0 Å². The quantitative estimate of drug-likeness (QED) is 0.910. The van der Waals surface area contributed by atoms with E-state index in [0.717, 1.165) is 44.7 Å². The van der Waals surface area contributed by atoms with Gasteiger partial charge >= 0.3 is 0 Å². The van der Waals surface area contributed by atoms with Gasteiger partial charge in [0, 0.05) is 30.7 Å². The molecule has 0 aromatic heterocycles. The van der Waals surface area contributed by atoms with Gasteiger partial charge in [0.05, 0.1) is 13.2 Å². The maximum absolute atomic E-state index is 12.1. The average Bonchev–Trinajstić information content (AvgIpc) is 2.44. The Bertz CT molecular complexity index is 460. The van der Waals surface area contributed by atoms with Crippen LogP contribution in [0, 0.1) is 6.92 Å². The summed E-state index contributed by atoms with van der Waals surface area (Å²) in [5.41, 5.74) is 1.93. The van der Waals surface area contributed by atoms with E-state index >= 15 is 0 Å². The first-order valence-corrected chi connectivity index (χ1v) is 7.42. The SMILES string of the molecule is Cc1ccc(C(=O)N[C@H]2C[C@H](N3CCOCC3)C2)cc1. The summed E-state index contributed by atoms with van der Waals surface area (Å²) in [5, 5.41) is 3.12. The second-order valence-electron chi connectivity index (χ2n) is 5.81. The van der Waals surface area contributed by atoms with E-state index in [2.05, 4.69) is 10.2 Å². The molecule has 4 heteroatoms. The predicted octanol–water partition coefficient (Wildman–Crippen LogP) is 1.59. The van der Waals surface area contributed by atoms with E-state index in [0.29, 0.717) is 12.1 Å². The van der Waals surface area contributed by atoms with Crippen molar-refractivity contribution in [3.05, 3.63) is 35.4 Å². The summed E-state index contributed by atoms with van der Waals surface area (Å²) in [7, 11) is 0. The third-order valence-corrected chi connectivity index (χ3v) is 4.32. The number of rotatable bonds is 3. The van der Waals surface area contributed by atoms with Crippen LogP contribution in [0.1, 0.15) is 28.8 Å². The third kappa shape index (κ3) is 3.02. The molecule has 1 saturated carbocycles. The topological polar surface area (TPSA) is 41.6 Å². The molecule has 1 aromatic rings. The molecule has 1 N–H and O–H groups in total. The number of benzene rings is 1. The summed E-state index contributed by atoms with van der Waals surface area (Å²) in [4.78, 5) is 14.6. The van der Waals surface area contributed by atoms with Crippen molar-refractivity contribution in [3.63, 3.8) is 0 Å². The highest BCUT2D eigenvalue weighted by Crippen LogP contribution is 2.26. The van der Waals surface area contributed by atoms with Crippen molar-refractivity contribution in [1.82, 2.24) is 10.2 Å². The van der Waals surface area contributed by atoms with Crippen molar-refractivity contribution >= 4 is 5.91 Å². The predicted molar refractivity (Wildman–Crippen MR) is 77.8 cm³/mol. The molecule has 2 aliphatic rings. The summed E-state index contributed by atoms with van der Waals surface area (Å²) < 4.78 is 5.37. The standard InChI is InChI=1S/C16H22N2O2/c1-12-2-4-13(5-3-12)16(19)17-14-10-15(11-14)18-6-8-20-9-7-18/h2-5,14-15H,6-11H2,1H3,(H,17,19)/t14-,15-. The largest absolute Gasteiger partial charge is 0.379 e. The van der Waals surface area contributed by atoms with Crippen molar-refractivity contribution in [3.8, 4) is 0 Å². The Labute approximate surface area is 120 Å². The van der Waals surface area contributed by atoms with Crippen LogP contribution in [0.5, 0.6) is 0 Å². The molecule has 1 aliphatic heterocycles. The van der Waals surface area contributed by atoms with Crippen LogP contribution in [0.25, 0.3) is 0 Å². The minimum absolute atomic E-state index is 0.0513. The number of hydrogen-bond acceptors (Lipinski definition) is 3. The number of amides is 1. The lowest BCUT2D eigenvalue weighted by atomic mass is 9.85. The normalized spacial score (nSPS) is 26.9. The molecule has 1 aromatic carbocycles. The first-order valence-electron chi connectivity index (χ1n) is 7.42. The molecule has 1 aliphatic carbocycles. The third-order valence-electron chi connectivity index (χ3n) is 4.32. The second kappa shape index (κ2) is 5.94. The Morgan fingerprint density at radius 1 is 1.20 bits per heavy atom. The Kier molecular flexibility index (Phi) is 4.03. The van der Waals surface area contributed by atoms with Crippen LogP contribution < -0.4 is 5.32 Å². The lowest BCUT2D eigenvalue weighted by molar-refractivity contribution is -0.00950. The van der Waals surface area contributed by atoms with Gasteiger partial charge in [-0.25, -0.2) is 0 Å². The van der Waals surface area contributed by atoms with Gasteiger partial charge in [0.2, 0.25) is 0 Å². The highest BCUT2D eigenvalue weighted by molar-refractivity contribution is 5.94. The zero-order valence-corrected chi connectivity index (χ0v) is 12.0. The number of morpholine rings is 1. The van der Waals surface area contributed by atoms with Crippen molar-refractivity contribution < 1.29 is 9.53 Å². The summed E-state index contributed by atoms with van der Waals surface area (Å²) in [6, 6.07) is 8.70. The molecule has 3 rings (SSSR count). The van der Waals surface area contributed by atoms with Crippen LogP contribution >= 0.6 is 0 Å². The monoisotopic (exact) mass is 274 g/mol. The molecular formula is C16H22N2O2. The number of nitrogens with zero attached hydrogens (tertiary/aromatic N) is 1. The fourth-order valence-corrected chi connectivity index (χ4v) is 2.92. The number of aryl methyl sites for hydroxylation is 1. The van der Waals surface area contributed by atoms with Crippen molar-refractivity contribution in [2.45, 2.75) is 31.8 Å². The Balaban J connectivity index is 1.46. The van der Waals surface area contributed by atoms with Crippen molar-refractivity contribution in [2.75, 3.05) is 26.3 Å². The van der Waals surface area contributed by atoms with Gasteiger partial charge in [-0.05, 0) is 31.9 Å². The molecular weight excluding hydrogens is 252 g/mol. The molecule has 2 fully saturated rings. The highest BCUT2D eigenvalue weighted by Gasteiger charge is 2.35. The van der Waals surface area contributed by atoms with Gasteiger partial charge in [0.1, 0.15) is 0 Å². The Morgan fingerprint density at radius 2 is 1.85 bits per heavy atom. The van der Waals surface area contributed by atoms with Gasteiger partial charge in [-0.3, -0.25) is 9.69 Å². The van der Waals surface area contributed by atoms with Gasteiger partial charge in [0.15, 0.2) is 0 Å². The van der Waals surface area contributed by atoms with Crippen LogP contribution in [0.2, 0.25) is 0 Å². The summed E-state index contributed by atoms with van der Waals surface area (Å²) in [5.74, 6) is 0.0513. The molecule has 0 radical (unpaired) electrons. The van der Waals surface area contributed by atoms with Crippen LogP contribution in [0.15, 0.2) is 24.3 Å². The number of nitrogens with one attached hydrogen (secondary N) is 1. The van der Waals surface area contributed by atoms with Crippen LogP contribution in [0.4, 0.5) is 0 Å². The maximum Gasteiger partial charge on any atom is 0.251 e. The zero-order valence-electron chi connectivity index (χ0n) is 12.0. The smallest absolute Gasteiger partial charge is 0.251 e. The van der Waals surface area contributed by atoms with Gasteiger partial charge in [-0.2, -0.15) is 0 Å². The van der Waals surface area contributed by atoms with E-state index in [1.54, 1.807) is 0 Å². The highest BCUT2D eigenvalue weighted by atomic mass is 16.5. The Morgan fingerprint density at radius 3 is 2.50 bits per heavy atom. The number of carbonyl (C=O) groups is 1. The lowest BCUT2D eigenvalue weighted by Crippen LogP contribution is -2.56. The number of hydrogen-bond donors (Lipinski definition) is 1. The van der Waals surface area contributed by atoms with Gasteiger partial charge in [-0.15, -0.1) is 0 Å². The fraction of sp³-hybridized carbons (Fsp3) is 0.562. The molecule has 0 bridgehead atoms. The molecule has 0 spiro atoms. The zero-order chi connectivity index (χ0) is 13.9. The van der Waals surface area contributed by atoms with E-state index in [-0.39, 0.29) is 5.91 Å². The van der Waals surface area contributed by atoms with Crippen molar-refractivity contribution in [1.29, 1.82) is 0 Å². The van der Waals surface area contributed by atoms with Gasteiger partial charge in [-0.1, -0.05) is 17.7 Å². The van der Waals surface area contributed by atoms with Gasteiger partial charge in [0.25, 0.3) is 5.91 Å². The molecule has 108 valence electrons. The molecule has 1 amide bonds. The molecule has 20 heavy (non-hydrogen) atoms. The fourth-order valence-electron chi connectivity index (χ4n) is 2.92. The second-order valence-corrected chi connectivity index (χ2v) is 5.81. The van der Waals surface area contributed by atoms with Crippen LogP contribution in [-0.4, -0.2) is 49.2 Å². The number of carbonyl (C=O) groups excluding carboxylic acids is 1. The maximum atomic E-state index is 12.1. The molecule has 0 atom stereocenters. The van der Waals surface area contributed by atoms with E-state index in [1.165, 1.54) is 5.56 Å². The summed E-state index contributed by atoms with van der Waals surface area (Å²) in [6.07, 6.45) is 2.13. The molecule has 1 heterocycles. The summed E-state index contributed by atoms with van der Waals surface area (Å²) >= 11 is 0. The van der Waals surface area contributed by atoms with E-state index in [4.69, 9.17) is 4.74 Å². The molecule has 0 unspecified atom stereocenters. The van der Waals surface area contributed by atoms with Gasteiger partial charge < -0.3 is 10.1 Å². The van der Waals surface area contributed by atoms with E-state index < -0.39 is 0 Å². The van der Waals surface area contributed by atoms with Crippen LogP contribution in [0.3, 0.4) is 0 Å². The average molecular weight is 274 g/mol. The minimum atomic E-state index is 0.0513. The lowest BCUT2D eigenvalue weighted by Gasteiger charge is -2.44. The first kappa shape index (κ1) is 13.6. The Hall–Kier alpha value is -1.39. The summed E-state index contributed by atoms with van der Waals surface area (Å²) in [6.45, 7) is 5.78. The minimum Gasteiger partial charge on any atom is -0.379 e. The van der Waals surface area contributed by atoms with Crippen LogP contribution in [-0.2, 0) is 4.74 Å². The van der Waals surface area contributed by atoms with E-state index in [9.17, 15) is 4.79 Å². The van der Waals surface area contributed by atoms with E-state index in [1.807, 2.05) is 31.2 Å². The molecule has 1 saturated heterocycles. The number of ether oxygens (including phenoxy) is 1. The molecule has 4 nitrogen and oxygen atoms in total.